The molecule has 116 valence electrons. The third-order valence-electron chi connectivity index (χ3n) is 5.82. The fourth-order valence-electron chi connectivity index (χ4n) is 4.52. The zero-order valence-electron chi connectivity index (χ0n) is 14.6. The van der Waals surface area contributed by atoms with Gasteiger partial charge in [0.1, 0.15) is 16.1 Å². The highest BCUT2D eigenvalue weighted by Gasteiger charge is 2.48. The fraction of sp³-hybridized carbons (Fsp3) is 0.400. The summed E-state index contributed by atoms with van der Waals surface area (Å²) in [4.78, 5) is 0. The van der Waals surface area contributed by atoms with E-state index in [1.807, 2.05) is 10.4 Å². The van der Waals surface area contributed by atoms with Crippen LogP contribution in [0.4, 0.5) is 0 Å². The molecule has 0 N–H and O–H groups in total. The number of hydrogen-bond acceptors (Lipinski definition) is 0. The van der Waals surface area contributed by atoms with E-state index < -0.39 is 16.1 Å². The van der Waals surface area contributed by atoms with Gasteiger partial charge in [-0.25, -0.2) is 0 Å². The molecule has 0 unspecified atom stereocenters. The maximum absolute atomic E-state index is 3.94. The summed E-state index contributed by atoms with van der Waals surface area (Å²) >= 11 is 0. The quantitative estimate of drug-likeness (QED) is 0.441. The van der Waals surface area contributed by atoms with Gasteiger partial charge in [0.15, 0.2) is 0 Å². The monoisotopic (exact) mass is 324 g/mol. The highest BCUT2D eigenvalue weighted by Crippen LogP contribution is 2.52. The molecule has 0 aromatic carbocycles. The summed E-state index contributed by atoms with van der Waals surface area (Å²) in [6, 6.07) is 0. The highest BCUT2D eigenvalue weighted by atomic mass is 28.3. The molecule has 0 aromatic rings. The molecular formula is C20H28Si2. The summed E-state index contributed by atoms with van der Waals surface area (Å²) in [6.45, 7) is 18.1. The van der Waals surface area contributed by atoms with E-state index in [2.05, 4.69) is 63.6 Å². The van der Waals surface area contributed by atoms with Gasteiger partial charge in [0.25, 0.3) is 0 Å². The van der Waals surface area contributed by atoms with Crippen LogP contribution in [0, 0.1) is 0 Å². The molecule has 0 nitrogen and oxygen atoms in total. The average Bonchev–Trinajstić information content (AvgIpc) is 3.04. The van der Waals surface area contributed by atoms with Crippen LogP contribution in [-0.4, -0.2) is 16.1 Å². The van der Waals surface area contributed by atoms with E-state index in [0.717, 1.165) is 12.8 Å². The van der Waals surface area contributed by atoms with E-state index in [1.54, 1.807) is 21.5 Å². The zero-order valence-corrected chi connectivity index (χ0v) is 16.6. The van der Waals surface area contributed by atoms with E-state index in [-0.39, 0.29) is 0 Å². The third kappa shape index (κ3) is 2.16. The summed E-state index contributed by atoms with van der Waals surface area (Å²) in [5.41, 5.74) is 3.19. The summed E-state index contributed by atoms with van der Waals surface area (Å²) in [7, 11) is -2.97. The zero-order chi connectivity index (χ0) is 16.1. The summed E-state index contributed by atoms with van der Waals surface area (Å²) in [5.74, 6) is 0. The molecule has 2 heteroatoms. The molecular weight excluding hydrogens is 296 g/mol. The van der Waals surface area contributed by atoms with Gasteiger partial charge in [-0.3, -0.25) is 0 Å². The largest absolute Gasteiger partial charge is 0.111 e. The van der Waals surface area contributed by atoms with Crippen LogP contribution in [0.2, 0.25) is 26.2 Å². The van der Waals surface area contributed by atoms with E-state index in [9.17, 15) is 0 Å². The molecule has 22 heavy (non-hydrogen) atoms. The van der Waals surface area contributed by atoms with Crippen molar-refractivity contribution in [2.24, 2.45) is 0 Å². The van der Waals surface area contributed by atoms with Crippen LogP contribution in [-0.2, 0) is 0 Å². The van der Waals surface area contributed by atoms with E-state index in [1.165, 1.54) is 12.8 Å². The molecule has 3 aliphatic rings. The minimum atomic E-state index is -1.51. The van der Waals surface area contributed by atoms with E-state index >= 15 is 0 Å². The smallest absolute Gasteiger partial charge is 0.103 e. The van der Waals surface area contributed by atoms with Crippen molar-refractivity contribution in [2.45, 2.75) is 51.9 Å². The van der Waals surface area contributed by atoms with Crippen LogP contribution < -0.4 is 0 Å². The topological polar surface area (TPSA) is 0 Å². The van der Waals surface area contributed by atoms with Gasteiger partial charge in [0, 0.05) is 0 Å². The first-order valence-electron chi connectivity index (χ1n) is 8.41. The van der Waals surface area contributed by atoms with Gasteiger partial charge in [-0.2, -0.15) is 0 Å². The number of rotatable bonds is 4. The van der Waals surface area contributed by atoms with Crippen molar-refractivity contribution in [3.63, 3.8) is 0 Å². The third-order valence-corrected chi connectivity index (χ3v) is 13.8. The standard InChI is InChI=1S/C20H28Si2/c1-7-9-15-11-17-18(12-15)22(5,6)20-14-16(10-8-2)13-19(20)21(17,3)4/h7-8,11,13H,1-2,9-10,12,14H2,3-6H3. The van der Waals surface area contributed by atoms with Gasteiger partial charge in [0.05, 0.1) is 0 Å². The first kappa shape index (κ1) is 15.8. The molecule has 0 radical (unpaired) electrons. The highest BCUT2D eigenvalue weighted by molar-refractivity contribution is 7.02. The van der Waals surface area contributed by atoms with Crippen molar-refractivity contribution in [1.29, 1.82) is 0 Å². The van der Waals surface area contributed by atoms with Gasteiger partial charge in [-0.1, -0.05) is 82.4 Å². The molecule has 0 aromatic heterocycles. The predicted molar refractivity (Wildman–Crippen MR) is 104 cm³/mol. The van der Waals surface area contributed by atoms with Gasteiger partial charge in [0.2, 0.25) is 0 Å². The van der Waals surface area contributed by atoms with Gasteiger partial charge < -0.3 is 0 Å². The Morgan fingerprint density at radius 1 is 0.818 bits per heavy atom. The van der Waals surface area contributed by atoms with Crippen molar-refractivity contribution >= 4 is 16.1 Å². The van der Waals surface area contributed by atoms with Crippen LogP contribution >= 0.6 is 0 Å². The normalized spacial score (nSPS) is 24.7. The van der Waals surface area contributed by atoms with Crippen molar-refractivity contribution in [2.75, 3.05) is 0 Å². The maximum Gasteiger partial charge on any atom is 0.111 e. The Morgan fingerprint density at radius 3 is 1.59 bits per heavy atom. The second-order valence-corrected chi connectivity index (χ2v) is 16.8. The Balaban J connectivity index is 2.06. The molecule has 1 heterocycles. The Morgan fingerprint density at radius 2 is 1.23 bits per heavy atom. The molecule has 2 aliphatic carbocycles. The van der Waals surface area contributed by atoms with Crippen LogP contribution in [0.25, 0.3) is 0 Å². The van der Waals surface area contributed by atoms with Crippen LogP contribution in [0.1, 0.15) is 25.7 Å². The van der Waals surface area contributed by atoms with E-state index in [4.69, 9.17) is 0 Å². The molecule has 0 amide bonds. The molecule has 0 saturated carbocycles. The second-order valence-electron chi connectivity index (χ2n) is 7.98. The number of hydrogen-bond donors (Lipinski definition) is 0. The lowest BCUT2D eigenvalue weighted by Gasteiger charge is -2.41. The molecule has 0 saturated heterocycles. The van der Waals surface area contributed by atoms with E-state index in [0.29, 0.717) is 0 Å². The van der Waals surface area contributed by atoms with Crippen molar-refractivity contribution in [1.82, 2.24) is 0 Å². The molecule has 1 aliphatic heterocycles. The minimum Gasteiger partial charge on any atom is -0.103 e. The first-order valence-corrected chi connectivity index (χ1v) is 14.4. The van der Waals surface area contributed by atoms with Crippen LogP contribution in [0.15, 0.2) is 69.4 Å². The Bertz CT molecular complexity index is 622. The summed E-state index contributed by atoms with van der Waals surface area (Å²) < 4.78 is 0. The lowest BCUT2D eigenvalue weighted by Crippen LogP contribution is -2.45. The number of allylic oxidation sites excluding steroid dienone is 10. The molecule has 0 spiro atoms. The fourth-order valence-corrected chi connectivity index (χ4v) is 14.6. The Labute approximate surface area is 137 Å². The average molecular weight is 325 g/mol. The van der Waals surface area contributed by atoms with Gasteiger partial charge in [-0.05, 0) is 25.7 Å². The lowest BCUT2D eigenvalue weighted by molar-refractivity contribution is 1.09. The predicted octanol–water partition coefficient (Wildman–Crippen LogP) is 5.98. The van der Waals surface area contributed by atoms with Crippen LogP contribution in [0.3, 0.4) is 0 Å². The molecule has 0 bridgehead atoms. The Hall–Kier alpha value is -1.13. The van der Waals surface area contributed by atoms with Gasteiger partial charge >= 0.3 is 0 Å². The SMILES string of the molecule is C=CCC1=CC2=C(C1)[Si](C)(C)C1=C(C=C(CC=C)C1)[Si]2(C)C. The lowest BCUT2D eigenvalue weighted by atomic mass is 10.2. The summed E-state index contributed by atoms with van der Waals surface area (Å²) in [5, 5.41) is 7.20. The van der Waals surface area contributed by atoms with Crippen molar-refractivity contribution in [3.05, 3.63) is 69.4 Å². The molecule has 0 fully saturated rings. The van der Waals surface area contributed by atoms with Crippen molar-refractivity contribution in [3.8, 4) is 0 Å². The van der Waals surface area contributed by atoms with Crippen molar-refractivity contribution < 1.29 is 0 Å². The minimum absolute atomic E-state index is 1.06. The van der Waals surface area contributed by atoms with Crippen LogP contribution in [0.5, 0.6) is 0 Å². The molecule has 0 atom stereocenters. The van der Waals surface area contributed by atoms with Gasteiger partial charge in [-0.15, -0.1) is 13.2 Å². The first-order chi connectivity index (χ1) is 10.3. The molecule has 3 rings (SSSR count). The second kappa shape index (κ2) is 5.21. The Kier molecular flexibility index (Phi) is 3.73. The maximum atomic E-state index is 3.94. The summed E-state index contributed by atoms with van der Waals surface area (Å²) in [6.07, 6.45) is 13.8.